The SMILES string of the molecule is CCc1ccc(C(CNC(=O)C2CCN(S(=O)(=O)c3ccc4ccccc4c3)CC2)N(C)C)cc1. The molecule has 1 fully saturated rings. The average molecular weight is 494 g/mol. The van der Waals surface area contributed by atoms with Gasteiger partial charge in [-0.25, -0.2) is 8.42 Å². The zero-order chi connectivity index (χ0) is 25.0. The molecule has 1 aliphatic heterocycles. The van der Waals surface area contributed by atoms with Gasteiger partial charge in [-0.05, 0) is 67.4 Å². The molecule has 0 aliphatic carbocycles. The van der Waals surface area contributed by atoms with Crippen molar-refractivity contribution in [2.24, 2.45) is 5.92 Å². The van der Waals surface area contributed by atoms with Crippen LogP contribution in [0.1, 0.15) is 36.9 Å². The molecular weight excluding hydrogens is 458 g/mol. The Balaban J connectivity index is 1.35. The highest BCUT2D eigenvalue weighted by atomic mass is 32.2. The first-order valence-electron chi connectivity index (χ1n) is 12.3. The van der Waals surface area contributed by atoms with Gasteiger partial charge in [-0.15, -0.1) is 0 Å². The predicted molar refractivity (Wildman–Crippen MR) is 141 cm³/mol. The number of fused-ring (bicyclic) bond motifs is 1. The van der Waals surface area contributed by atoms with Gasteiger partial charge in [-0.2, -0.15) is 4.31 Å². The molecule has 1 aliphatic rings. The van der Waals surface area contributed by atoms with Crippen molar-refractivity contribution in [1.29, 1.82) is 0 Å². The number of amides is 1. The predicted octanol–water partition coefficient (Wildman–Crippen LogP) is 4.22. The average Bonchev–Trinajstić information content (AvgIpc) is 2.88. The summed E-state index contributed by atoms with van der Waals surface area (Å²) in [5, 5.41) is 5.04. The maximum absolute atomic E-state index is 13.2. The Hall–Kier alpha value is -2.74. The molecule has 35 heavy (non-hydrogen) atoms. The Morgan fingerprint density at radius 3 is 2.29 bits per heavy atom. The van der Waals surface area contributed by atoms with Crippen LogP contribution in [0.3, 0.4) is 0 Å². The second-order valence-corrected chi connectivity index (χ2v) is 11.4. The number of rotatable bonds is 8. The molecule has 6 nitrogen and oxygen atoms in total. The molecule has 1 atom stereocenters. The molecule has 0 aromatic heterocycles. The Bertz CT molecular complexity index is 1260. The maximum atomic E-state index is 13.2. The molecule has 0 bridgehead atoms. The maximum Gasteiger partial charge on any atom is 0.243 e. The van der Waals surface area contributed by atoms with Gasteiger partial charge in [0.05, 0.1) is 10.9 Å². The summed E-state index contributed by atoms with van der Waals surface area (Å²) in [5.41, 5.74) is 2.46. The second kappa shape index (κ2) is 10.9. The summed E-state index contributed by atoms with van der Waals surface area (Å²) in [6.45, 7) is 3.36. The first kappa shape index (κ1) is 25.4. The van der Waals surface area contributed by atoms with Crippen LogP contribution < -0.4 is 5.32 Å². The number of hydrogen-bond donors (Lipinski definition) is 1. The molecule has 4 rings (SSSR count). The fourth-order valence-corrected chi connectivity index (χ4v) is 6.26. The topological polar surface area (TPSA) is 69.7 Å². The minimum Gasteiger partial charge on any atom is -0.354 e. The number of sulfonamides is 1. The Morgan fingerprint density at radius 1 is 1.00 bits per heavy atom. The summed E-state index contributed by atoms with van der Waals surface area (Å²) in [7, 11) is 0.443. The van der Waals surface area contributed by atoms with Crippen LogP contribution in [0.4, 0.5) is 0 Å². The molecule has 1 N–H and O–H groups in total. The van der Waals surface area contributed by atoms with Crippen LogP contribution in [0, 0.1) is 5.92 Å². The van der Waals surface area contributed by atoms with Crippen molar-refractivity contribution in [2.75, 3.05) is 33.7 Å². The van der Waals surface area contributed by atoms with E-state index in [1.807, 2.05) is 44.4 Å². The lowest BCUT2D eigenvalue weighted by molar-refractivity contribution is -0.126. The number of carbonyl (C=O) groups excluding carboxylic acids is 1. The van der Waals surface area contributed by atoms with Crippen molar-refractivity contribution >= 4 is 26.7 Å². The summed E-state index contributed by atoms with van der Waals surface area (Å²) in [6.07, 6.45) is 2.05. The van der Waals surface area contributed by atoms with Crippen molar-refractivity contribution in [2.45, 2.75) is 37.1 Å². The monoisotopic (exact) mass is 493 g/mol. The Morgan fingerprint density at radius 2 is 1.66 bits per heavy atom. The number of hydrogen-bond acceptors (Lipinski definition) is 4. The normalized spacial score (nSPS) is 16.5. The van der Waals surface area contributed by atoms with Gasteiger partial charge in [0.25, 0.3) is 0 Å². The summed E-state index contributed by atoms with van der Waals surface area (Å²) in [4.78, 5) is 15.4. The minimum atomic E-state index is -3.59. The van der Waals surface area contributed by atoms with E-state index in [-0.39, 0.29) is 17.9 Å². The number of nitrogens with zero attached hydrogens (tertiary/aromatic N) is 2. The van der Waals surface area contributed by atoms with Gasteiger partial charge < -0.3 is 10.2 Å². The van der Waals surface area contributed by atoms with E-state index in [9.17, 15) is 13.2 Å². The van der Waals surface area contributed by atoms with Gasteiger partial charge in [0.1, 0.15) is 0 Å². The fourth-order valence-electron chi connectivity index (χ4n) is 4.75. The lowest BCUT2D eigenvalue weighted by atomic mass is 9.96. The van der Waals surface area contributed by atoms with Crippen LogP contribution in [0.15, 0.2) is 71.6 Å². The molecule has 0 saturated carbocycles. The van der Waals surface area contributed by atoms with E-state index in [0.717, 1.165) is 17.2 Å². The van der Waals surface area contributed by atoms with Crippen LogP contribution >= 0.6 is 0 Å². The highest BCUT2D eigenvalue weighted by Gasteiger charge is 2.32. The lowest BCUT2D eigenvalue weighted by Crippen LogP contribution is -2.44. The largest absolute Gasteiger partial charge is 0.354 e. The molecule has 7 heteroatoms. The number of benzene rings is 3. The zero-order valence-corrected chi connectivity index (χ0v) is 21.6. The van der Waals surface area contributed by atoms with Crippen LogP contribution in [0.2, 0.25) is 0 Å². The van der Waals surface area contributed by atoms with E-state index in [4.69, 9.17) is 0 Å². The fraction of sp³-hybridized carbons (Fsp3) is 0.393. The molecule has 3 aromatic rings. The molecule has 0 spiro atoms. The van der Waals surface area contributed by atoms with Crippen molar-refractivity contribution in [1.82, 2.24) is 14.5 Å². The second-order valence-electron chi connectivity index (χ2n) is 9.51. The van der Waals surface area contributed by atoms with Gasteiger partial charge in [-0.3, -0.25) is 4.79 Å². The van der Waals surface area contributed by atoms with E-state index in [0.29, 0.717) is 37.4 Å². The summed E-state index contributed by atoms with van der Waals surface area (Å²) in [5.74, 6) is -0.173. The Kier molecular flexibility index (Phi) is 7.89. The summed E-state index contributed by atoms with van der Waals surface area (Å²) in [6, 6.07) is 21.6. The van der Waals surface area contributed by atoms with E-state index < -0.39 is 10.0 Å². The number of nitrogens with one attached hydrogen (secondary N) is 1. The van der Waals surface area contributed by atoms with Gasteiger partial charge >= 0.3 is 0 Å². The minimum absolute atomic E-state index is 0.00443. The number of likely N-dealkylation sites (N-methyl/N-ethyl adjacent to an activating group) is 1. The number of piperidine rings is 1. The molecule has 0 radical (unpaired) electrons. The molecule has 186 valence electrons. The zero-order valence-electron chi connectivity index (χ0n) is 20.8. The highest BCUT2D eigenvalue weighted by Crippen LogP contribution is 2.27. The first-order chi connectivity index (χ1) is 16.8. The molecule has 1 amide bonds. The number of carbonyl (C=O) groups is 1. The van der Waals surface area contributed by atoms with Crippen molar-refractivity contribution in [3.63, 3.8) is 0 Å². The lowest BCUT2D eigenvalue weighted by Gasteiger charge is -2.31. The van der Waals surface area contributed by atoms with E-state index >= 15 is 0 Å². The van der Waals surface area contributed by atoms with Crippen molar-refractivity contribution in [3.05, 3.63) is 77.9 Å². The van der Waals surface area contributed by atoms with Gasteiger partial charge in [-0.1, -0.05) is 61.5 Å². The van der Waals surface area contributed by atoms with E-state index in [2.05, 4.69) is 41.4 Å². The number of aryl methyl sites for hydroxylation is 1. The van der Waals surface area contributed by atoms with Gasteiger partial charge in [0, 0.05) is 25.6 Å². The Labute approximate surface area is 209 Å². The van der Waals surface area contributed by atoms with Crippen LogP contribution in [0.25, 0.3) is 10.8 Å². The van der Waals surface area contributed by atoms with Gasteiger partial charge in [0.2, 0.25) is 15.9 Å². The third-order valence-electron chi connectivity index (χ3n) is 7.05. The van der Waals surface area contributed by atoms with Crippen molar-refractivity contribution < 1.29 is 13.2 Å². The standard InChI is InChI=1S/C28H35N3O3S/c1-4-21-9-11-23(12-10-21)27(30(2)3)20-29-28(32)24-15-17-31(18-16-24)35(33,34)26-14-13-22-7-5-6-8-25(22)19-26/h5-14,19,24,27H,4,15-18,20H2,1-3H3,(H,29,32). The third-order valence-corrected chi connectivity index (χ3v) is 8.94. The van der Waals surface area contributed by atoms with E-state index in [1.54, 1.807) is 12.1 Å². The van der Waals surface area contributed by atoms with Crippen molar-refractivity contribution in [3.8, 4) is 0 Å². The van der Waals surface area contributed by atoms with Gasteiger partial charge in [0.15, 0.2) is 0 Å². The molecule has 1 saturated heterocycles. The first-order valence-corrected chi connectivity index (χ1v) is 13.8. The third kappa shape index (κ3) is 5.74. The molecule has 1 unspecified atom stereocenters. The van der Waals surface area contributed by atoms with Crippen LogP contribution in [-0.4, -0.2) is 57.3 Å². The molecular formula is C28H35N3O3S. The summed E-state index contributed by atoms with van der Waals surface area (Å²) >= 11 is 0. The molecule has 3 aromatic carbocycles. The van der Waals surface area contributed by atoms with Crippen LogP contribution in [-0.2, 0) is 21.2 Å². The van der Waals surface area contributed by atoms with E-state index in [1.165, 1.54) is 15.4 Å². The quantitative estimate of drug-likeness (QED) is 0.510. The summed E-state index contributed by atoms with van der Waals surface area (Å²) < 4.78 is 28.0. The highest BCUT2D eigenvalue weighted by molar-refractivity contribution is 7.89. The smallest absolute Gasteiger partial charge is 0.243 e. The molecule has 1 heterocycles. The van der Waals surface area contributed by atoms with Crippen LogP contribution in [0.5, 0.6) is 0 Å².